The molecule has 4 heterocycles. The second-order valence-corrected chi connectivity index (χ2v) is 7.83. The van der Waals surface area contributed by atoms with Gasteiger partial charge in [0.1, 0.15) is 17.8 Å². The Morgan fingerprint density at radius 3 is 3.12 bits per heavy atom. The number of anilines is 1. The summed E-state index contributed by atoms with van der Waals surface area (Å²) in [5.41, 5.74) is 1.26. The summed E-state index contributed by atoms with van der Waals surface area (Å²) in [5, 5.41) is 1.14. The molecule has 2 saturated heterocycles. The van der Waals surface area contributed by atoms with Crippen LogP contribution in [-0.2, 0) is 0 Å². The van der Waals surface area contributed by atoms with Crippen molar-refractivity contribution < 1.29 is 0 Å². The first-order chi connectivity index (χ1) is 12.3. The molecule has 0 bridgehead atoms. The molecule has 5 nitrogen and oxygen atoms in total. The van der Waals surface area contributed by atoms with Gasteiger partial charge in [-0.3, -0.25) is 4.90 Å². The zero-order chi connectivity index (χ0) is 16.9. The summed E-state index contributed by atoms with van der Waals surface area (Å²) in [5.74, 6) is 2.51. The summed E-state index contributed by atoms with van der Waals surface area (Å²) in [6.07, 6.45) is 15.1. The van der Waals surface area contributed by atoms with Crippen LogP contribution in [0.1, 0.15) is 19.8 Å². The van der Waals surface area contributed by atoms with Crippen LogP contribution in [0, 0.1) is 11.8 Å². The van der Waals surface area contributed by atoms with Crippen molar-refractivity contribution in [1.29, 1.82) is 0 Å². The van der Waals surface area contributed by atoms with Crippen LogP contribution in [0.2, 0.25) is 0 Å². The molecule has 0 saturated carbocycles. The molecule has 5 heteroatoms. The predicted octanol–water partition coefficient (Wildman–Crippen LogP) is 2.99. The maximum Gasteiger partial charge on any atom is 0.142 e. The van der Waals surface area contributed by atoms with E-state index in [4.69, 9.17) is 0 Å². The number of aromatic amines is 1. The number of rotatable bonds is 3. The summed E-state index contributed by atoms with van der Waals surface area (Å²) in [7, 11) is 0. The van der Waals surface area contributed by atoms with Gasteiger partial charge in [-0.25, -0.2) is 9.97 Å². The van der Waals surface area contributed by atoms with Crippen LogP contribution in [0.3, 0.4) is 0 Å². The van der Waals surface area contributed by atoms with Crippen LogP contribution in [0.25, 0.3) is 11.0 Å². The highest BCUT2D eigenvalue weighted by Crippen LogP contribution is 2.45. The van der Waals surface area contributed by atoms with Crippen molar-refractivity contribution in [2.24, 2.45) is 11.8 Å². The van der Waals surface area contributed by atoms with Crippen LogP contribution >= 0.6 is 0 Å². The Balaban J connectivity index is 1.37. The van der Waals surface area contributed by atoms with E-state index in [0.717, 1.165) is 35.9 Å². The summed E-state index contributed by atoms with van der Waals surface area (Å²) in [4.78, 5) is 17.3. The Morgan fingerprint density at radius 2 is 2.28 bits per heavy atom. The van der Waals surface area contributed by atoms with Crippen LogP contribution in [0.15, 0.2) is 42.9 Å². The molecular weight excluding hydrogens is 310 g/mol. The lowest BCUT2D eigenvalue weighted by Gasteiger charge is -2.57. The number of fused-ring (bicyclic) bond motifs is 1. The molecule has 2 aromatic heterocycles. The quantitative estimate of drug-likeness (QED) is 0.937. The first-order valence-corrected chi connectivity index (χ1v) is 9.38. The Labute approximate surface area is 148 Å². The molecule has 3 aliphatic rings. The van der Waals surface area contributed by atoms with Crippen molar-refractivity contribution in [2.45, 2.75) is 25.3 Å². The standard InChI is InChI=1S/C20H25N5/c1-15-11-25(12-16-5-3-2-4-6-16)20(15)8-10-24(13-20)19-17-7-9-21-18(17)22-14-23-19/h2-5,7,9,14-16H,6,8,10-13H2,1H3,(H,21,22,23)/t15-,16?,20-/m0/s1. The van der Waals surface area contributed by atoms with Crippen molar-refractivity contribution in [3.05, 3.63) is 42.9 Å². The molecular formula is C20H25N5. The number of aromatic nitrogens is 3. The van der Waals surface area contributed by atoms with E-state index in [1.165, 1.54) is 25.9 Å². The fourth-order valence-electron chi connectivity index (χ4n) is 4.96. The molecule has 1 spiro atoms. The number of nitrogens with one attached hydrogen (secondary N) is 1. The highest BCUT2D eigenvalue weighted by atomic mass is 15.4. The number of likely N-dealkylation sites (tertiary alicyclic amines) is 1. The highest BCUT2D eigenvalue weighted by Gasteiger charge is 2.54. The first kappa shape index (κ1) is 15.1. The second kappa shape index (κ2) is 5.70. The number of hydrogen-bond donors (Lipinski definition) is 1. The van der Waals surface area contributed by atoms with Crippen LogP contribution < -0.4 is 4.90 Å². The molecule has 1 unspecified atom stereocenters. The maximum atomic E-state index is 4.61. The van der Waals surface area contributed by atoms with Gasteiger partial charge in [0.15, 0.2) is 0 Å². The van der Waals surface area contributed by atoms with E-state index in [9.17, 15) is 0 Å². The van der Waals surface area contributed by atoms with Gasteiger partial charge >= 0.3 is 0 Å². The Hall–Kier alpha value is -2.14. The average Bonchev–Trinajstić information content (AvgIpc) is 3.31. The van der Waals surface area contributed by atoms with Crippen LogP contribution in [0.4, 0.5) is 5.82 Å². The lowest BCUT2D eigenvalue weighted by atomic mass is 9.73. The molecule has 1 aliphatic carbocycles. The third kappa shape index (κ3) is 2.33. The van der Waals surface area contributed by atoms with Gasteiger partial charge in [-0.05, 0) is 30.7 Å². The summed E-state index contributed by atoms with van der Waals surface area (Å²) < 4.78 is 0. The fraction of sp³-hybridized carbons (Fsp3) is 0.500. The van der Waals surface area contributed by atoms with Gasteiger partial charge in [0.25, 0.3) is 0 Å². The van der Waals surface area contributed by atoms with Gasteiger partial charge in [0.05, 0.1) is 5.39 Å². The van der Waals surface area contributed by atoms with E-state index in [-0.39, 0.29) is 0 Å². The minimum Gasteiger partial charge on any atom is -0.354 e. The molecule has 130 valence electrons. The van der Waals surface area contributed by atoms with E-state index in [1.807, 2.05) is 6.20 Å². The van der Waals surface area contributed by atoms with Crippen molar-refractivity contribution in [3.8, 4) is 0 Å². The molecule has 5 rings (SSSR count). The zero-order valence-corrected chi connectivity index (χ0v) is 14.7. The van der Waals surface area contributed by atoms with Crippen molar-refractivity contribution in [1.82, 2.24) is 19.9 Å². The smallest absolute Gasteiger partial charge is 0.142 e. The van der Waals surface area contributed by atoms with Gasteiger partial charge in [-0.2, -0.15) is 0 Å². The van der Waals surface area contributed by atoms with E-state index in [1.54, 1.807) is 6.33 Å². The predicted molar refractivity (Wildman–Crippen MR) is 101 cm³/mol. The fourth-order valence-corrected chi connectivity index (χ4v) is 4.96. The molecule has 3 atom stereocenters. The largest absolute Gasteiger partial charge is 0.354 e. The monoisotopic (exact) mass is 335 g/mol. The summed E-state index contributed by atoms with van der Waals surface area (Å²) in [6.45, 7) is 6.99. The van der Waals surface area contributed by atoms with E-state index in [2.05, 4.69) is 62.0 Å². The van der Waals surface area contributed by atoms with Gasteiger partial charge in [0, 0.05) is 37.9 Å². The average molecular weight is 335 g/mol. The molecule has 0 aromatic carbocycles. The third-order valence-corrected chi connectivity index (χ3v) is 6.48. The second-order valence-electron chi connectivity index (χ2n) is 7.83. The highest BCUT2D eigenvalue weighted by molar-refractivity contribution is 5.87. The summed E-state index contributed by atoms with van der Waals surface area (Å²) >= 11 is 0. The van der Waals surface area contributed by atoms with E-state index >= 15 is 0 Å². The summed E-state index contributed by atoms with van der Waals surface area (Å²) in [6, 6.07) is 2.09. The Bertz CT molecular complexity index is 837. The molecule has 2 fully saturated rings. The minimum atomic E-state index is 0.322. The number of nitrogens with zero attached hydrogens (tertiary/aromatic N) is 4. The third-order valence-electron chi connectivity index (χ3n) is 6.48. The van der Waals surface area contributed by atoms with Crippen LogP contribution in [-0.4, -0.2) is 51.6 Å². The molecule has 1 N–H and O–H groups in total. The number of H-pyrrole nitrogens is 1. The van der Waals surface area contributed by atoms with Crippen molar-refractivity contribution >= 4 is 16.9 Å². The molecule has 0 amide bonds. The maximum absolute atomic E-state index is 4.61. The van der Waals surface area contributed by atoms with Crippen molar-refractivity contribution in [3.63, 3.8) is 0 Å². The first-order valence-electron chi connectivity index (χ1n) is 9.38. The van der Waals surface area contributed by atoms with Gasteiger partial charge in [-0.15, -0.1) is 0 Å². The lowest BCUT2D eigenvalue weighted by molar-refractivity contribution is -0.0637. The number of hydrogen-bond acceptors (Lipinski definition) is 4. The number of allylic oxidation sites excluding steroid dienone is 3. The van der Waals surface area contributed by atoms with Gasteiger partial charge in [-0.1, -0.05) is 31.2 Å². The van der Waals surface area contributed by atoms with E-state index in [0.29, 0.717) is 11.5 Å². The topological polar surface area (TPSA) is 48.1 Å². The lowest BCUT2D eigenvalue weighted by Crippen LogP contribution is -2.68. The molecule has 0 radical (unpaired) electrons. The normalized spacial score (nSPS) is 32.0. The van der Waals surface area contributed by atoms with Gasteiger partial charge < -0.3 is 9.88 Å². The van der Waals surface area contributed by atoms with Crippen molar-refractivity contribution in [2.75, 3.05) is 31.1 Å². The Kier molecular flexibility index (Phi) is 3.45. The van der Waals surface area contributed by atoms with Crippen LogP contribution in [0.5, 0.6) is 0 Å². The minimum absolute atomic E-state index is 0.322. The SMILES string of the molecule is C[C@H]1CN(CC2C=CC=CC2)[C@]12CCN(c1ncnc3[nH]ccc13)C2. The van der Waals surface area contributed by atoms with Gasteiger partial charge in [0.2, 0.25) is 0 Å². The molecule has 2 aromatic rings. The zero-order valence-electron chi connectivity index (χ0n) is 14.7. The van der Waals surface area contributed by atoms with E-state index < -0.39 is 0 Å². The Morgan fingerprint density at radius 1 is 1.32 bits per heavy atom. The molecule has 25 heavy (non-hydrogen) atoms. The molecule has 2 aliphatic heterocycles.